The monoisotopic (exact) mass is 387 g/mol. The van der Waals surface area contributed by atoms with Gasteiger partial charge in [0, 0.05) is 30.8 Å². The van der Waals surface area contributed by atoms with E-state index in [1.165, 1.54) is 12.1 Å². The summed E-state index contributed by atoms with van der Waals surface area (Å²) in [6, 6.07) is 9.92. The molecule has 1 aliphatic carbocycles. The van der Waals surface area contributed by atoms with Gasteiger partial charge in [-0.15, -0.1) is 0 Å². The molecule has 0 radical (unpaired) electrons. The number of rotatable bonds is 4. The molecule has 5 nitrogen and oxygen atoms in total. The van der Waals surface area contributed by atoms with Crippen LogP contribution in [0.3, 0.4) is 0 Å². The Morgan fingerprint density at radius 2 is 1.54 bits per heavy atom. The predicted molar refractivity (Wildman–Crippen MR) is 104 cm³/mol. The molecule has 0 spiro atoms. The van der Waals surface area contributed by atoms with E-state index in [2.05, 4.69) is 5.32 Å². The van der Waals surface area contributed by atoms with Crippen LogP contribution in [0.15, 0.2) is 42.5 Å². The summed E-state index contributed by atoms with van der Waals surface area (Å²) in [5.41, 5.74) is 7.01. The molecule has 0 aliphatic heterocycles. The van der Waals surface area contributed by atoms with Crippen LogP contribution in [0.25, 0.3) is 11.1 Å². The summed E-state index contributed by atoms with van der Waals surface area (Å²) >= 11 is 0. The van der Waals surface area contributed by atoms with Crippen LogP contribution in [0, 0.1) is 17.6 Å². The molecule has 1 aliphatic rings. The second-order valence-corrected chi connectivity index (χ2v) is 7.18. The number of carbonyl (C=O) groups is 2. The molecule has 0 bridgehead atoms. The van der Waals surface area contributed by atoms with Gasteiger partial charge in [-0.2, -0.15) is 0 Å². The fraction of sp³-hybridized carbons (Fsp3) is 0.333. The number of amides is 3. The van der Waals surface area contributed by atoms with Crippen LogP contribution < -0.4 is 11.1 Å². The molecule has 0 saturated heterocycles. The molecule has 2 aromatic carbocycles. The van der Waals surface area contributed by atoms with Crippen molar-refractivity contribution in [3.63, 3.8) is 0 Å². The lowest BCUT2D eigenvalue weighted by atomic mass is 9.85. The number of primary amides is 1. The third kappa shape index (κ3) is 4.65. The van der Waals surface area contributed by atoms with E-state index >= 15 is 0 Å². The van der Waals surface area contributed by atoms with Crippen molar-refractivity contribution in [1.82, 2.24) is 4.90 Å². The van der Waals surface area contributed by atoms with Gasteiger partial charge in [-0.3, -0.25) is 4.79 Å². The number of hydrogen-bond donors (Lipinski definition) is 2. The van der Waals surface area contributed by atoms with Crippen LogP contribution >= 0.6 is 0 Å². The maximum atomic E-state index is 13.4. The number of urea groups is 1. The molecular weight excluding hydrogens is 364 g/mol. The van der Waals surface area contributed by atoms with Gasteiger partial charge in [0.1, 0.15) is 11.6 Å². The number of hydrogen-bond acceptors (Lipinski definition) is 2. The zero-order chi connectivity index (χ0) is 20.3. The van der Waals surface area contributed by atoms with Gasteiger partial charge in [0.2, 0.25) is 5.91 Å². The number of carbonyl (C=O) groups excluding carboxylic acids is 2. The number of nitrogens with zero attached hydrogens (tertiary/aromatic N) is 1. The van der Waals surface area contributed by atoms with Gasteiger partial charge in [-0.1, -0.05) is 12.1 Å². The normalized spacial score (nSPS) is 19.1. The average Bonchev–Trinajstić information content (AvgIpc) is 2.67. The zero-order valence-electron chi connectivity index (χ0n) is 15.6. The summed E-state index contributed by atoms with van der Waals surface area (Å²) < 4.78 is 26.7. The summed E-state index contributed by atoms with van der Waals surface area (Å²) in [5.74, 6) is -1.66. The van der Waals surface area contributed by atoms with Gasteiger partial charge >= 0.3 is 6.03 Å². The van der Waals surface area contributed by atoms with E-state index in [-0.39, 0.29) is 23.9 Å². The molecule has 3 rings (SSSR count). The first-order valence-corrected chi connectivity index (χ1v) is 9.23. The van der Waals surface area contributed by atoms with E-state index in [4.69, 9.17) is 5.73 Å². The molecule has 1 fully saturated rings. The van der Waals surface area contributed by atoms with Crippen molar-refractivity contribution in [1.29, 1.82) is 0 Å². The average molecular weight is 387 g/mol. The minimum Gasteiger partial charge on any atom is -0.369 e. The Bertz CT molecular complexity index is 842. The highest BCUT2D eigenvalue weighted by Crippen LogP contribution is 2.28. The molecule has 0 heterocycles. The Balaban J connectivity index is 1.60. The third-order valence-electron chi connectivity index (χ3n) is 5.30. The molecule has 7 heteroatoms. The van der Waals surface area contributed by atoms with Crippen LogP contribution in [0.2, 0.25) is 0 Å². The van der Waals surface area contributed by atoms with Crippen molar-refractivity contribution in [3.05, 3.63) is 54.1 Å². The van der Waals surface area contributed by atoms with Crippen LogP contribution in [-0.2, 0) is 4.79 Å². The second-order valence-electron chi connectivity index (χ2n) is 7.18. The summed E-state index contributed by atoms with van der Waals surface area (Å²) in [5, 5.41) is 2.82. The Kier molecular flexibility index (Phi) is 5.92. The molecule has 3 amide bonds. The van der Waals surface area contributed by atoms with Crippen LogP contribution in [-0.4, -0.2) is 29.9 Å². The summed E-state index contributed by atoms with van der Waals surface area (Å²) in [6.45, 7) is 0. The zero-order valence-corrected chi connectivity index (χ0v) is 15.6. The van der Waals surface area contributed by atoms with Gasteiger partial charge < -0.3 is 16.0 Å². The first-order chi connectivity index (χ1) is 13.3. The fourth-order valence-corrected chi connectivity index (χ4v) is 3.59. The smallest absolute Gasteiger partial charge is 0.321 e. The number of anilines is 1. The van der Waals surface area contributed by atoms with Crippen LogP contribution in [0.4, 0.5) is 19.3 Å². The Morgan fingerprint density at radius 1 is 0.964 bits per heavy atom. The van der Waals surface area contributed by atoms with Crippen LogP contribution in [0.5, 0.6) is 0 Å². The first kappa shape index (κ1) is 19.8. The van der Waals surface area contributed by atoms with Crippen LogP contribution in [0.1, 0.15) is 25.7 Å². The number of halogens is 2. The molecule has 148 valence electrons. The van der Waals surface area contributed by atoms with E-state index < -0.39 is 11.6 Å². The summed E-state index contributed by atoms with van der Waals surface area (Å²) in [6.07, 6.45) is 2.86. The van der Waals surface area contributed by atoms with Gasteiger partial charge in [0.25, 0.3) is 0 Å². The van der Waals surface area contributed by atoms with E-state index in [9.17, 15) is 18.4 Å². The maximum absolute atomic E-state index is 13.4. The highest BCUT2D eigenvalue weighted by molar-refractivity contribution is 5.89. The minimum absolute atomic E-state index is 0.0603. The van der Waals surface area contributed by atoms with Gasteiger partial charge in [0.15, 0.2) is 0 Å². The lowest BCUT2D eigenvalue weighted by Gasteiger charge is -2.33. The predicted octanol–water partition coefficient (Wildman–Crippen LogP) is 4.14. The Hall–Kier alpha value is -2.96. The maximum Gasteiger partial charge on any atom is 0.321 e. The van der Waals surface area contributed by atoms with Crippen molar-refractivity contribution in [2.45, 2.75) is 31.7 Å². The molecule has 0 atom stereocenters. The van der Waals surface area contributed by atoms with Crippen molar-refractivity contribution < 1.29 is 18.4 Å². The summed E-state index contributed by atoms with van der Waals surface area (Å²) in [7, 11) is 1.73. The molecule has 3 N–H and O–H groups in total. The van der Waals surface area contributed by atoms with Crippen molar-refractivity contribution in [2.24, 2.45) is 11.7 Å². The van der Waals surface area contributed by atoms with E-state index in [1.807, 2.05) is 0 Å². The molecule has 0 aromatic heterocycles. The first-order valence-electron chi connectivity index (χ1n) is 9.23. The number of nitrogens with one attached hydrogen (secondary N) is 1. The molecule has 28 heavy (non-hydrogen) atoms. The molecule has 1 saturated carbocycles. The highest BCUT2D eigenvalue weighted by atomic mass is 19.1. The van der Waals surface area contributed by atoms with Gasteiger partial charge in [-0.25, -0.2) is 13.6 Å². The summed E-state index contributed by atoms with van der Waals surface area (Å²) in [4.78, 5) is 25.4. The lowest BCUT2D eigenvalue weighted by Crippen LogP contribution is -2.43. The number of nitrogens with two attached hydrogens (primary N) is 1. The minimum atomic E-state index is -0.639. The molecule has 0 unspecified atom stereocenters. The van der Waals surface area contributed by atoms with Crippen molar-refractivity contribution in [3.8, 4) is 11.1 Å². The standard InChI is InChI=1S/C21H23F2N3O2/c1-26(19-8-4-14(5-9-19)20(24)27)21(28)25-18-6-2-13(3-7-18)15-10-16(22)12-17(23)11-15/h2-3,6-7,10-12,14,19H,4-5,8-9H2,1H3,(H2,24,27)(H,25,28). The molecular formula is C21H23F2N3O2. The Labute approximate surface area is 162 Å². The third-order valence-corrected chi connectivity index (χ3v) is 5.30. The SMILES string of the molecule is CN(C(=O)Nc1ccc(-c2cc(F)cc(F)c2)cc1)C1CCC(C(N)=O)CC1. The van der Waals surface area contributed by atoms with E-state index in [0.29, 0.717) is 29.7 Å². The van der Waals surface area contributed by atoms with E-state index in [0.717, 1.165) is 18.9 Å². The largest absolute Gasteiger partial charge is 0.369 e. The number of benzene rings is 2. The second kappa shape index (κ2) is 8.37. The highest BCUT2D eigenvalue weighted by Gasteiger charge is 2.28. The van der Waals surface area contributed by atoms with E-state index in [1.54, 1.807) is 36.2 Å². The Morgan fingerprint density at radius 3 is 2.07 bits per heavy atom. The van der Waals surface area contributed by atoms with Crippen molar-refractivity contribution in [2.75, 3.05) is 12.4 Å². The molecule has 2 aromatic rings. The van der Waals surface area contributed by atoms with Gasteiger partial charge in [0.05, 0.1) is 0 Å². The van der Waals surface area contributed by atoms with Crippen molar-refractivity contribution >= 4 is 17.6 Å². The topological polar surface area (TPSA) is 75.4 Å². The quantitative estimate of drug-likeness (QED) is 0.827. The van der Waals surface area contributed by atoms with Gasteiger partial charge in [-0.05, 0) is 61.1 Å². The lowest BCUT2D eigenvalue weighted by molar-refractivity contribution is -0.122. The fourth-order valence-electron chi connectivity index (χ4n) is 3.59.